The number of hydrogen-bond donors (Lipinski definition) is 1. The Kier molecular flexibility index (Phi) is 2.77. The van der Waals surface area contributed by atoms with Gasteiger partial charge in [-0.3, -0.25) is 0 Å². The van der Waals surface area contributed by atoms with E-state index in [-0.39, 0.29) is 6.04 Å². The highest BCUT2D eigenvalue weighted by Gasteiger charge is 2.39. The molecule has 1 fully saturated rings. The van der Waals surface area contributed by atoms with Crippen molar-refractivity contribution >= 4 is 0 Å². The number of ether oxygens (including phenoxy) is 1. The molecule has 0 saturated carbocycles. The highest BCUT2D eigenvalue weighted by atomic mass is 19.1. The molecule has 2 rings (SSSR count). The lowest BCUT2D eigenvalue weighted by Crippen LogP contribution is -2.43. The Labute approximate surface area is 84.5 Å². The second-order valence-electron chi connectivity index (χ2n) is 4.34. The standard InChI is InChI=1S/C11H18FNO/c1-11(12,10-5-2-6-13-10)9-4-3-7-14-8-9/h8,10,13H,2-7H2,1H3. The lowest BCUT2D eigenvalue weighted by molar-refractivity contribution is 0.144. The van der Waals surface area contributed by atoms with Crippen LogP contribution >= 0.6 is 0 Å². The fourth-order valence-corrected chi connectivity index (χ4v) is 2.30. The fourth-order valence-electron chi connectivity index (χ4n) is 2.30. The van der Waals surface area contributed by atoms with E-state index >= 15 is 0 Å². The predicted octanol–water partition coefficient (Wildman–Crippen LogP) is 2.16. The SMILES string of the molecule is CC(F)(C1=COCCC1)C1CCCN1. The average molecular weight is 199 g/mol. The molecular formula is C11H18FNO. The molecule has 1 saturated heterocycles. The van der Waals surface area contributed by atoms with E-state index in [4.69, 9.17) is 4.74 Å². The van der Waals surface area contributed by atoms with Gasteiger partial charge >= 0.3 is 0 Å². The van der Waals surface area contributed by atoms with Gasteiger partial charge in [-0.15, -0.1) is 0 Å². The number of hydrogen-bond acceptors (Lipinski definition) is 2. The first kappa shape index (κ1) is 9.97. The van der Waals surface area contributed by atoms with Crippen LogP contribution in [0.2, 0.25) is 0 Å². The molecule has 2 nitrogen and oxygen atoms in total. The minimum Gasteiger partial charge on any atom is -0.501 e. The van der Waals surface area contributed by atoms with Gasteiger partial charge in [0.1, 0.15) is 5.67 Å². The molecule has 3 heteroatoms. The van der Waals surface area contributed by atoms with Gasteiger partial charge in [-0.2, -0.15) is 0 Å². The molecule has 2 aliphatic heterocycles. The summed E-state index contributed by atoms with van der Waals surface area (Å²) in [5.41, 5.74) is -0.403. The lowest BCUT2D eigenvalue weighted by Gasteiger charge is -2.31. The third kappa shape index (κ3) is 1.78. The smallest absolute Gasteiger partial charge is 0.147 e. The summed E-state index contributed by atoms with van der Waals surface area (Å²) in [6.45, 7) is 3.35. The average Bonchev–Trinajstić information content (AvgIpc) is 2.72. The highest BCUT2D eigenvalue weighted by molar-refractivity contribution is 5.19. The maximum atomic E-state index is 14.5. The van der Waals surface area contributed by atoms with Crippen LogP contribution in [0.3, 0.4) is 0 Å². The molecule has 2 aliphatic rings. The van der Waals surface area contributed by atoms with E-state index in [1.807, 2.05) is 0 Å². The molecule has 2 heterocycles. The first-order chi connectivity index (χ1) is 6.71. The van der Waals surface area contributed by atoms with E-state index in [1.165, 1.54) is 0 Å². The molecule has 0 aromatic rings. The molecule has 14 heavy (non-hydrogen) atoms. The molecular weight excluding hydrogens is 181 g/mol. The van der Waals surface area contributed by atoms with E-state index in [9.17, 15) is 4.39 Å². The maximum Gasteiger partial charge on any atom is 0.147 e. The van der Waals surface area contributed by atoms with Crippen molar-refractivity contribution in [3.63, 3.8) is 0 Å². The first-order valence-electron chi connectivity index (χ1n) is 5.44. The molecule has 0 spiro atoms. The van der Waals surface area contributed by atoms with Crippen LogP contribution in [0.15, 0.2) is 11.8 Å². The molecule has 0 aromatic heterocycles. The van der Waals surface area contributed by atoms with Gasteiger partial charge in [0.15, 0.2) is 0 Å². The van der Waals surface area contributed by atoms with Gasteiger partial charge < -0.3 is 10.1 Å². The molecule has 2 atom stereocenters. The van der Waals surface area contributed by atoms with E-state index in [1.54, 1.807) is 13.2 Å². The van der Waals surface area contributed by atoms with Gasteiger partial charge in [0, 0.05) is 11.6 Å². The second kappa shape index (κ2) is 3.89. The summed E-state index contributed by atoms with van der Waals surface area (Å²) in [5, 5.41) is 3.22. The van der Waals surface area contributed by atoms with E-state index in [0.29, 0.717) is 0 Å². The lowest BCUT2D eigenvalue weighted by atomic mass is 9.86. The Balaban J connectivity index is 2.08. The zero-order chi connectivity index (χ0) is 10.0. The van der Waals surface area contributed by atoms with Crippen LogP contribution in [-0.4, -0.2) is 24.9 Å². The summed E-state index contributed by atoms with van der Waals surface area (Å²) in [6.07, 6.45) is 5.43. The Morgan fingerprint density at radius 2 is 2.43 bits per heavy atom. The first-order valence-corrected chi connectivity index (χ1v) is 5.44. The van der Waals surface area contributed by atoms with Crippen molar-refractivity contribution in [1.82, 2.24) is 5.32 Å². The van der Waals surface area contributed by atoms with Crippen molar-refractivity contribution in [2.75, 3.05) is 13.2 Å². The Morgan fingerprint density at radius 1 is 1.57 bits per heavy atom. The summed E-state index contributed by atoms with van der Waals surface area (Å²) in [5.74, 6) is 0. The second-order valence-corrected chi connectivity index (χ2v) is 4.34. The van der Waals surface area contributed by atoms with Crippen LogP contribution < -0.4 is 5.32 Å². The summed E-state index contributed by atoms with van der Waals surface area (Å²) in [7, 11) is 0. The third-order valence-corrected chi connectivity index (χ3v) is 3.28. The molecule has 0 amide bonds. The van der Waals surface area contributed by atoms with Gasteiger partial charge in [-0.05, 0) is 39.2 Å². The van der Waals surface area contributed by atoms with Crippen LogP contribution in [0, 0.1) is 0 Å². The third-order valence-electron chi connectivity index (χ3n) is 3.28. The number of alkyl halides is 1. The van der Waals surface area contributed by atoms with E-state index in [0.717, 1.165) is 44.4 Å². The largest absolute Gasteiger partial charge is 0.501 e. The van der Waals surface area contributed by atoms with Crippen LogP contribution in [0.4, 0.5) is 4.39 Å². The zero-order valence-corrected chi connectivity index (χ0v) is 8.68. The highest BCUT2D eigenvalue weighted by Crippen LogP contribution is 2.34. The minimum absolute atomic E-state index is 0.0181. The monoisotopic (exact) mass is 199 g/mol. The molecule has 1 N–H and O–H groups in total. The van der Waals surface area contributed by atoms with Gasteiger partial charge in [0.25, 0.3) is 0 Å². The Hall–Kier alpha value is -0.570. The van der Waals surface area contributed by atoms with Crippen LogP contribution in [0.25, 0.3) is 0 Å². The van der Waals surface area contributed by atoms with Gasteiger partial charge in [-0.25, -0.2) is 4.39 Å². The molecule has 0 radical (unpaired) electrons. The van der Waals surface area contributed by atoms with Crippen molar-refractivity contribution in [3.8, 4) is 0 Å². The molecule has 0 aromatic carbocycles. The van der Waals surface area contributed by atoms with Gasteiger partial charge in [0.05, 0.1) is 12.9 Å². The Morgan fingerprint density at radius 3 is 3.00 bits per heavy atom. The van der Waals surface area contributed by atoms with Crippen molar-refractivity contribution in [3.05, 3.63) is 11.8 Å². The number of halogens is 1. The van der Waals surface area contributed by atoms with E-state index in [2.05, 4.69) is 5.32 Å². The zero-order valence-electron chi connectivity index (χ0n) is 8.68. The van der Waals surface area contributed by atoms with Crippen molar-refractivity contribution in [2.24, 2.45) is 0 Å². The number of rotatable bonds is 2. The fraction of sp³-hybridized carbons (Fsp3) is 0.818. The van der Waals surface area contributed by atoms with Crippen LogP contribution in [0.5, 0.6) is 0 Å². The van der Waals surface area contributed by atoms with Crippen molar-refractivity contribution < 1.29 is 9.13 Å². The van der Waals surface area contributed by atoms with Gasteiger partial charge in [0.2, 0.25) is 0 Å². The molecule has 2 unspecified atom stereocenters. The maximum absolute atomic E-state index is 14.5. The van der Waals surface area contributed by atoms with Crippen LogP contribution in [-0.2, 0) is 4.74 Å². The summed E-state index contributed by atoms with van der Waals surface area (Å²) in [4.78, 5) is 0. The summed E-state index contributed by atoms with van der Waals surface area (Å²) < 4.78 is 19.7. The molecule has 0 bridgehead atoms. The quantitative estimate of drug-likeness (QED) is 0.736. The van der Waals surface area contributed by atoms with Crippen molar-refractivity contribution in [1.29, 1.82) is 0 Å². The summed E-state index contributed by atoms with van der Waals surface area (Å²) in [6, 6.07) is -0.0181. The normalized spacial score (nSPS) is 31.9. The van der Waals surface area contributed by atoms with Crippen LogP contribution in [0.1, 0.15) is 32.6 Å². The molecule has 80 valence electrons. The van der Waals surface area contributed by atoms with Crippen molar-refractivity contribution in [2.45, 2.75) is 44.3 Å². The summed E-state index contributed by atoms with van der Waals surface area (Å²) >= 11 is 0. The minimum atomic E-state index is -1.23. The van der Waals surface area contributed by atoms with E-state index < -0.39 is 5.67 Å². The molecule has 0 aliphatic carbocycles. The van der Waals surface area contributed by atoms with Gasteiger partial charge in [-0.1, -0.05) is 0 Å². The number of nitrogens with one attached hydrogen (secondary N) is 1. The predicted molar refractivity (Wildman–Crippen MR) is 53.8 cm³/mol. The topological polar surface area (TPSA) is 21.3 Å². The Bertz CT molecular complexity index is 231.